The van der Waals surface area contributed by atoms with Gasteiger partial charge >= 0.3 is 0 Å². The number of aliphatic hydroxyl groups is 2. The van der Waals surface area contributed by atoms with Crippen LogP contribution >= 0.6 is 0 Å². The average Bonchev–Trinajstić information content (AvgIpc) is 2.88. The van der Waals surface area contributed by atoms with Gasteiger partial charge in [0, 0.05) is 0 Å². The molecule has 0 aromatic heterocycles. The molecule has 0 heterocycles. The highest BCUT2D eigenvalue weighted by Gasteiger charge is 2.55. The van der Waals surface area contributed by atoms with E-state index in [1.807, 2.05) is 20.8 Å². The number of allylic oxidation sites excluding steroid dienone is 1. The predicted octanol–water partition coefficient (Wildman–Crippen LogP) is 4.31. The van der Waals surface area contributed by atoms with Crippen molar-refractivity contribution in [3.05, 3.63) is 12.2 Å². The largest absolute Gasteiger partial charge is 0.390 e. The maximum Gasteiger partial charge on any atom is 0.0653 e. The van der Waals surface area contributed by atoms with Crippen molar-refractivity contribution in [2.75, 3.05) is 0 Å². The van der Waals surface area contributed by atoms with Crippen LogP contribution in [0.15, 0.2) is 12.2 Å². The SMILES string of the molecule is C=C1CC[C@@H]2[C@@H]1C[C@@]1(C)CC[C@@H](C(C)(C)O)[C@@H]1CC[C@]2(C)O. The summed E-state index contributed by atoms with van der Waals surface area (Å²) in [6.07, 6.45) is 7.60. The van der Waals surface area contributed by atoms with E-state index in [-0.39, 0.29) is 0 Å². The van der Waals surface area contributed by atoms with E-state index < -0.39 is 11.2 Å². The fraction of sp³-hybridized carbons (Fsp3) is 0.900. The molecular formula is C20H34O2. The molecule has 3 fully saturated rings. The summed E-state index contributed by atoms with van der Waals surface area (Å²) in [5, 5.41) is 21.7. The minimum atomic E-state index is -0.612. The molecule has 0 radical (unpaired) electrons. The Morgan fingerprint density at radius 2 is 1.77 bits per heavy atom. The number of hydrogen-bond donors (Lipinski definition) is 2. The molecule has 0 amide bonds. The van der Waals surface area contributed by atoms with Gasteiger partial charge in [0.15, 0.2) is 0 Å². The van der Waals surface area contributed by atoms with E-state index in [0.29, 0.717) is 29.1 Å². The fourth-order valence-corrected chi connectivity index (χ4v) is 6.18. The monoisotopic (exact) mass is 306 g/mol. The van der Waals surface area contributed by atoms with Crippen LogP contribution in [-0.2, 0) is 0 Å². The van der Waals surface area contributed by atoms with Crippen LogP contribution in [0.3, 0.4) is 0 Å². The summed E-state index contributed by atoms with van der Waals surface area (Å²) in [6.45, 7) is 12.7. The predicted molar refractivity (Wildman–Crippen MR) is 90.4 cm³/mol. The van der Waals surface area contributed by atoms with Gasteiger partial charge < -0.3 is 10.2 Å². The molecule has 3 aliphatic rings. The maximum atomic E-state index is 11.1. The Labute approximate surface area is 136 Å². The zero-order valence-corrected chi connectivity index (χ0v) is 14.9. The third-order valence-corrected chi connectivity index (χ3v) is 7.55. The molecule has 0 unspecified atom stereocenters. The quantitative estimate of drug-likeness (QED) is 0.709. The van der Waals surface area contributed by atoms with Crippen LogP contribution in [0.25, 0.3) is 0 Å². The summed E-state index contributed by atoms with van der Waals surface area (Å²) < 4.78 is 0. The molecule has 6 atom stereocenters. The van der Waals surface area contributed by atoms with Gasteiger partial charge in [0.05, 0.1) is 11.2 Å². The van der Waals surface area contributed by atoms with Crippen molar-refractivity contribution in [2.24, 2.45) is 29.1 Å². The summed E-state index contributed by atoms with van der Waals surface area (Å²) in [5.41, 5.74) is 0.480. The molecule has 0 aromatic carbocycles. The molecular weight excluding hydrogens is 272 g/mol. The second-order valence-corrected chi connectivity index (χ2v) is 9.57. The average molecular weight is 306 g/mol. The Hall–Kier alpha value is -0.340. The zero-order valence-electron chi connectivity index (χ0n) is 14.9. The Balaban J connectivity index is 1.93. The molecule has 22 heavy (non-hydrogen) atoms. The third kappa shape index (κ3) is 2.57. The van der Waals surface area contributed by atoms with Crippen molar-refractivity contribution in [3.63, 3.8) is 0 Å². The van der Waals surface area contributed by atoms with Crippen LogP contribution in [0.1, 0.15) is 72.6 Å². The summed E-state index contributed by atoms with van der Waals surface area (Å²) in [7, 11) is 0. The normalized spacial score (nSPS) is 49.5. The summed E-state index contributed by atoms with van der Waals surface area (Å²) in [6, 6.07) is 0. The van der Waals surface area contributed by atoms with Gasteiger partial charge in [-0.2, -0.15) is 0 Å². The summed E-state index contributed by atoms with van der Waals surface area (Å²) in [5.74, 6) is 1.75. The lowest BCUT2D eigenvalue weighted by Gasteiger charge is -2.47. The lowest BCUT2D eigenvalue weighted by Crippen LogP contribution is -2.45. The lowest BCUT2D eigenvalue weighted by molar-refractivity contribution is -0.0720. The summed E-state index contributed by atoms with van der Waals surface area (Å²) in [4.78, 5) is 0. The van der Waals surface area contributed by atoms with Crippen molar-refractivity contribution in [1.29, 1.82) is 0 Å². The molecule has 0 bridgehead atoms. The topological polar surface area (TPSA) is 40.5 Å². The Morgan fingerprint density at radius 3 is 2.41 bits per heavy atom. The molecule has 3 aliphatic carbocycles. The van der Waals surface area contributed by atoms with Crippen molar-refractivity contribution in [2.45, 2.75) is 83.8 Å². The third-order valence-electron chi connectivity index (χ3n) is 7.55. The van der Waals surface area contributed by atoms with Gasteiger partial charge in [0.1, 0.15) is 0 Å². The van der Waals surface area contributed by atoms with E-state index in [2.05, 4.69) is 13.5 Å². The Morgan fingerprint density at radius 1 is 1.09 bits per heavy atom. The van der Waals surface area contributed by atoms with E-state index in [4.69, 9.17) is 0 Å². The van der Waals surface area contributed by atoms with Crippen LogP contribution in [0, 0.1) is 29.1 Å². The van der Waals surface area contributed by atoms with Gasteiger partial charge in [-0.15, -0.1) is 0 Å². The van der Waals surface area contributed by atoms with Crippen molar-refractivity contribution < 1.29 is 10.2 Å². The first-order valence-electron chi connectivity index (χ1n) is 9.17. The molecule has 2 N–H and O–H groups in total. The van der Waals surface area contributed by atoms with Gasteiger partial charge in [-0.25, -0.2) is 0 Å². The molecule has 0 aromatic rings. The number of rotatable bonds is 1. The molecule has 0 saturated heterocycles. The van der Waals surface area contributed by atoms with Crippen LogP contribution in [-0.4, -0.2) is 21.4 Å². The fourth-order valence-electron chi connectivity index (χ4n) is 6.18. The lowest BCUT2D eigenvalue weighted by atomic mass is 9.60. The maximum absolute atomic E-state index is 11.1. The van der Waals surface area contributed by atoms with E-state index in [1.165, 1.54) is 12.0 Å². The minimum Gasteiger partial charge on any atom is -0.390 e. The van der Waals surface area contributed by atoms with Gasteiger partial charge in [-0.05, 0) is 94.8 Å². The van der Waals surface area contributed by atoms with Gasteiger partial charge in [-0.1, -0.05) is 19.1 Å². The second kappa shape index (κ2) is 5.08. The van der Waals surface area contributed by atoms with Crippen LogP contribution in [0.2, 0.25) is 0 Å². The van der Waals surface area contributed by atoms with Crippen LogP contribution in [0.5, 0.6) is 0 Å². The molecule has 3 rings (SSSR count). The second-order valence-electron chi connectivity index (χ2n) is 9.57. The highest BCUT2D eigenvalue weighted by Crippen LogP contribution is 2.60. The smallest absolute Gasteiger partial charge is 0.0653 e. The first-order chi connectivity index (χ1) is 10.0. The zero-order chi connectivity index (χ0) is 16.3. The first kappa shape index (κ1) is 16.5. The van der Waals surface area contributed by atoms with Gasteiger partial charge in [-0.3, -0.25) is 0 Å². The molecule has 0 spiro atoms. The molecule has 126 valence electrons. The van der Waals surface area contributed by atoms with E-state index >= 15 is 0 Å². The van der Waals surface area contributed by atoms with E-state index in [1.54, 1.807) is 0 Å². The van der Waals surface area contributed by atoms with Gasteiger partial charge in [0.2, 0.25) is 0 Å². The highest BCUT2D eigenvalue weighted by atomic mass is 16.3. The molecule has 2 nitrogen and oxygen atoms in total. The molecule has 2 heteroatoms. The minimum absolute atomic E-state index is 0.303. The van der Waals surface area contributed by atoms with Crippen molar-refractivity contribution in [3.8, 4) is 0 Å². The van der Waals surface area contributed by atoms with Gasteiger partial charge in [0.25, 0.3) is 0 Å². The van der Waals surface area contributed by atoms with Crippen LogP contribution < -0.4 is 0 Å². The van der Waals surface area contributed by atoms with Crippen molar-refractivity contribution in [1.82, 2.24) is 0 Å². The van der Waals surface area contributed by atoms with Crippen LogP contribution in [0.4, 0.5) is 0 Å². The van der Waals surface area contributed by atoms with Crippen molar-refractivity contribution >= 4 is 0 Å². The standard InChI is InChI=1S/C20H34O2/c1-13-6-7-15-14(13)12-19(4)10-8-16(18(2,3)21)17(19)9-11-20(15,5)22/h14-17,21-22H,1,6-12H2,2-5H3/t14-,15-,16-,17+,19-,20+/m1/s1. The molecule has 0 aliphatic heterocycles. The highest BCUT2D eigenvalue weighted by molar-refractivity contribution is 5.16. The number of hydrogen-bond acceptors (Lipinski definition) is 2. The summed E-state index contributed by atoms with van der Waals surface area (Å²) >= 11 is 0. The van der Waals surface area contributed by atoms with E-state index in [0.717, 1.165) is 38.5 Å². The molecule has 3 saturated carbocycles. The Kier molecular flexibility index (Phi) is 3.81. The van der Waals surface area contributed by atoms with E-state index in [9.17, 15) is 10.2 Å². The Bertz CT molecular complexity index is 459. The first-order valence-corrected chi connectivity index (χ1v) is 9.17. The number of fused-ring (bicyclic) bond motifs is 2.